The van der Waals surface area contributed by atoms with Gasteiger partial charge in [0.2, 0.25) is 0 Å². The summed E-state index contributed by atoms with van der Waals surface area (Å²) in [7, 11) is 0. The Balaban J connectivity index is 2.90. The molecule has 0 spiro atoms. The third-order valence-electron chi connectivity index (χ3n) is 2.56. The normalized spacial score (nSPS) is 20.9. The van der Waals surface area contributed by atoms with Gasteiger partial charge in [0.05, 0.1) is 12.7 Å². The van der Waals surface area contributed by atoms with E-state index in [1.54, 1.807) is 20.8 Å². The Kier molecular flexibility index (Phi) is 3.90. The number of hydrogen-bond donors (Lipinski definition) is 1. The van der Waals surface area contributed by atoms with Crippen molar-refractivity contribution in [3.63, 3.8) is 0 Å². The van der Waals surface area contributed by atoms with Crippen LogP contribution in [0.15, 0.2) is 12.7 Å². The van der Waals surface area contributed by atoms with Crippen molar-refractivity contribution in [3.8, 4) is 0 Å². The number of amides is 3. The Hall–Kier alpha value is -1.40. The fourth-order valence-electron chi connectivity index (χ4n) is 1.61. The van der Waals surface area contributed by atoms with Crippen LogP contribution in [-0.2, 0) is 9.63 Å². The second-order valence-electron chi connectivity index (χ2n) is 4.49. The van der Waals surface area contributed by atoms with Crippen LogP contribution in [0.3, 0.4) is 0 Å². The van der Waals surface area contributed by atoms with Crippen molar-refractivity contribution in [2.75, 3.05) is 13.2 Å². The monoisotopic (exact) mass is 242 g/mol. The van der Waals surface area contributed by atoms with Crippen LogP contribution in [0.25, 0.3) is 0 Å². The summed E-state index contributed by atoms with van der Waals surface area (Å²) in [5, 5.41) is 10.1. The number of hydroxylamine groups is 2. The van der Waals surface area contributed by atoms with Gasteiger partial charge in [0.1, 0.15) is 5.54 Å². The molecule has 6 heteroatoms. The number of hydrogen-bond acceptors (Lipinski definition) is 4. The summed E-state index contributed by atoms with van der Waals surface area (Å²) in [6.07, 6.45) is 0.746. The smallest absolute Gasteiger partial charge is 0.352 e. The van der Waals surface area contributed by atoms with Gasteiger partial charge in [-0.15, -0.1) is 11.6 Å². The van der Waals surface area contributed by atoms with Crippen LogP contribution in [0, 0.1) is 0 Å². The first-order valence-corrected chi connectivity index (χ1v) is 5.40. The van der Waals surface area contributed by atoms with Gasteiger partial charge in [-0.25, -0.2) is 4.79 Å². The molecule has 0 bridgehead atoms. The number of β-amino-alcohol motifs (C(OH)–C–C–N with tert-alkyl or cyclic N) is 1. The standard InChI is InChI=1S/C11H18N2O4/c1-5-6-17-13-9(15)11(3,4)12(10(13)16)7-8(2)14/h5,8,14H,1,6-7H2,2-4H3. The summed E-state index contributed by atoms with van der Waals surface area (Å²) in [5.41, 5.74) is -1.00. The van der Waals surface area contributed by atoms with Gasteiger partial charge in [-0.1, -0.05) is 6.08 Å². The highest BCUT2D eigenvalue weighted by Crippen LogP contribution is 2.27. The average Bonchev–Trinajstić information content (AvgIpc) is 2.38. The SMILES string of the molecule is C=CCON1C(=O)N(CC(C)O)C(C)(C)C1=O. The predicted molar refractivity (Wildman–Crippen MR) is 60.9 cm³/mol. The highest BCUT2D eigenvalue weighted by Gasteiger charge is 2.52. The van der Waals surface area contributed by atoms with Crippen molar-refractivity contribution in [1.29, 1.82) is 0 Å². The molecule has 1 saturated heterocycles. The van der Waals surface area contributed by atoms with Crippen LogP contribution in [-0.4, -0.2) is 51.8 Å². The predicted octanol–water partition coefficient (Wildman–Crippen LogP) is 0.528. The molecule has 6 nitrogen and oxygen atoms in total. The molecule has 1 heterocycles. The molecule has 17 heavy (non-hydrogen) atoms. The van der Waals surface area contributed by atoms with E-state index in [-0.39, 0.29) is 13.2 Å². The third kappa shape index (κ3) is 2.48. The maximum absolute atomic E-state index is 12.0. The lowest BCUT2D eigenvalue weighted by Gasteiger charge is -2.28. The molecule has 0 aliphatic carbocycles. The molecule has 0 aromatic heterocycles. The fraction of sp³-hybridized carbons (Fsp3) is 0.636. The summed E-state index contributed by atoms with van der Waals surface area (Å²) in [6.45, 7) is 8.41. The highest BCUT2D eigenvalue weighted by atomic mass is 16.7. The lowest BCUT2D eigenvalue weighted by Crippen LogP contribution is -2.47. The topological polar surface area (TPSA) is 70.1 Å². The minimum Gasteiger partial charge on any atom is -0.392 e. The maximum Gasteiger partial charge on any atom is 0.352 e. The van der Waals surface area contributed by atoms with Crippen molar-refractivity contribution in [3.05, 3.63) is 12.7 Å². The molecule has 0 aromatic carbocycles. The number of nitrogens with zero attached hydrogens (tertiary/aromatic N) is 2. The van der Waals surface area contributed by atoms with Crippen molar-refractivity contribution >= 4 is 11.9 Å². The van der Waals surface area contributed by atoms with Crippen molar-refractivity contribution in [2.45, 2.75) is 32.4 Å². The van der Waals surface area contributed by atoms with E-state index in [0.717, 1.165) is 5.06 Å². The number of carbonyl (C=O) groups excluding carboxylic acids is 2. The van der Waals surface area contributed by atoms with Gasteiger partial charge in [0.15, 0.2) is 0 Å². The zero-order valence-corrected chi connectivity index (χ0v) is 10.3. The Bertz CT molecular complexity index is 338. The molecule has 1 aliphatic heterocycles. The Labute approximate surface area is 100 Å². The van der Waals surface area contributed by atoms with Gasteiger partial charge in [0, 0.05) is 6.54 Å². The first kappa shape index (κ1) is 13.7. The maximum atomic E-state index is 12.0. The van der Waals surface area contributed by atoms with E-state index in [1.807, 2.05) is 0 Å². The minimum atomic E-state index is -1.00. The molecule has 1 rings (SSSR count). The van der Waals surface area contributed by atoms with Gasteiger partial charge < -0.3 is 10.0 Å². The highest BCUT2D eigenvalue weighted by molar-refractivity contribution is 6.05. The molecule has 1 atom stereocenters. The van der Waals surface area contributed by atoms with Gasteiger partial charge >= 0.3 is 6.03 Å². The number of aliphatic hydroxyl groups is 1. The Morgan fingerprint density at radius 3 is 2.59 bits per heavy atom. The first-order valence-electron chi connectivity index (χ1n) is 5.40. The van der Waals surface area contributed by atoms with Gasteiger partial charge in [-0.2, -0.15) is 0 Å². The molecule has 1 aliphatic rings. The quantitative estimate of drug-likeness (QED) is 0.564. The molecule has 96 valence electrons. The molecule has 1 unspecified atom stereocenters. The van der Waals surface area contributed by atoms with Crippen LogP contribution >= 0.6 is 0 Å². The Morgan fingerprint density at radius 1 is 1.53 bits per heavy atom. The van der Waals surface area contributed by atoms with Crippen LogP contribution < -0.4 is 0 Å². The summed E-state index contributed by atoms with van der Waals surface area (Å²) < 4.78 is 0. The van der Waals surface area contributed by atoms with Crippen molar-refractivity contribution < 1.29 is 19.5 Å². The number of carbonyl (C=O) groups is 2. The van der Waals surface area contributed by atoms with Gasteiger partial charge in [0.25, 0.3) is 5.91 Å². The van der Waals surface area contributed by atoms with Crippen LogP contribution in [0.1, 0.15) is 20.8 Å². The van der Waals surface area contributed by atoms with E-state index in [2.05, 4.69) is 6.58 Å². The van der Waals surface area contributed by atoms with Crippen LogP contribution in [0.2, 0.25) is 0 Å². The molecule has 3 amide bonds. The summed E-state index contributed by atoms with van der Waals surface area (Å²) in [6, 6.07) is -0.553. The van der Waals surface area contributed by atoms with Crippen LogP contribution in [0.4, 0.5) is 4.79 Å². The molecule has 0 radical (unpaired) electrons. The van der Waals surface area contributed by atoms with E-state index < -0.39 is 23.6 Å². The number of urea groups is 1. The van der Waals surface area contributed by atoms with E-state index in [4.69, 9.17) is 4.84 Å². The first-order chi connectivity index (χ1) is 7.82. The summed E-state index contributed by atoms with van der Waals surface area (Å²) >= 11 is 0. The number of rotatable bonds is 5. The molecule has 0 aromatic rings. The van der Waals surface area contributed by atoms with Crippen molar-refractivity contribution in [1.82, 2.24) is 9.96 Å². The van der Waals surface area contributed by atoms with Crippen molar-refractivity contribution in [2.24, 2.45) is 0 Å². The lowest BCUT2D eigenvalue weighted by molar-refractivity contribution is -0.162. The molecule has 1 fully saturated rings. The van der Waals surface area contributed by atoms with E-state index in [9.17, 15) is 14.7 Å². The molecule has 0 saturated carbocycles. The summed E-state index contributed by atoms with van der Waals surface area (Å²) in [4.78, 5) is 30.2. The second-order valence-corrected chi connectivity index (χ2v) is 4.49. The van der Waals surface area contributed by atoms with Gasteiger partial charge in [-0.3, -0.25) is 9.63 Å². The largest absolute Gasteiger partial charge is 0.392 e. The summed E-state index contributed by atoms with van der Waals surface area (Å²) in [5.74, 6) is -0.440. The Morgan fingerprint density at radius 2 is 2.12 bits per heavy atom. The number of aliphatic hydroxyl groups excluding tert-OH is 1. The zero-order chi connectivity index (χ0) is 13.2. The van der Waals surface area contributed by atoms with E-state index >= 15 is 0 Å². The van der Waals surface area contributed by atoms with Crippen LogP contribution in [0.5, 0.6) is 0 Å². The fourth-order valence-corrected chi connectivity index (χ4v) is 1.61. The molecular formula is C11H18N2O4. The molecule has 1 N–H and O–H groups in total. The number of imide groups is 1. The van der Waals surface area contributed by atoms with Gasteiger partial charge in [-0.05, 0) is 20.8 Å². The third-order valence-corrected chi connectivity index (χ3v) is 2.56. The second kappa shape index (κ2) is 4.85. The lowest BCUT2D eigenvalue weighted by atomic mass is 10.0. The average molecular weight is 242 g/mol. The van der Waals surface area contributed by atoms with E-state index in [1.165, 1.54) is 11.0 Å². The van der Waals surface area contributed by atoms with E-state index in [0.29, 0.717) is 0 Å². The zero-order valence-electron chi connectivity index (χ0n) is 10.3. The minimum absolute atomic E-state index is 0.0794. The molecular weight excluding hydrogens is 224 g/mol.